The van der Waals surface area contributed by atoms with Gasteiger partial charge >= 0.3 is 6.18 Å². The Bertz CT molecular complexity index is 887. The van der Waals surface area contributed by atoms with Crippen molar-refractivity contribution in [3.63, 3.8) is 0 Å². The molecule has 2 aromatic carbocycles. The molecule has 3 aromatic rings. The number of carbonyl (C=O) groups is 1. The van der Waals surface area contributed by atoms with E-state index in [4.69, 9.17) is 0 Å². The first-order chi connectivity index (χ1) is 11.8. The van der Waals surface area contributed by atoms with Crippen LogP contribution in [0.5, 0.6) is 0 Å². The fraction of sp³-hybridized carbons (Fsp3) is 0.0588. The van der Waals surface area contributed by atoms with Gasteiger partial charge in [0.15, 0.2) is 0 Å². The smallest absolute Gasteiger partial charge is 0.322 e. The first-order valence-corrected chi connectivity index (χ1v) is 7.13. The fourth-order valence-electron chi connectivity index (χ4n) is 2.21. The lowest BCUT2D eigenvalue weighted by molar-refractivity contribution is -0.139. The van der Waals surface area contributed by atoms with Crippen molar-refractivity contribution in [2.24, 2.45) is 0 Å². The van der Waals surface area contributed by atoms with Gasteiger partial charge in [-0.2, -0.15) is 18.3 Å². The van der Waals surface area contributed by atoms with E-state index in [1.54, 1.807) is 35.3 Å². The van der Waals surface area contributed by atoms with Crippen LogP contribution < -0.4 is 5.32 Å². The monoisotopic (exact) mass is 349 g/mol. The van der Waals surface area contributed by atoms with Crippen molar-refractivity contribution in [2.75, 3.05) is 5.32 Å². The van der Waals surface area contributed by atoms with Crippen LogP contribution in [0.15, 0.2) is 60.9 Å². The van der Waals surface area contributed by atoms with Gasteiger partial charge in [0.1, 0.15) is 5.82 Å². The zero-order valence-corrected chi connectivity index (χ0v) is 12.6. The summed E-state index contributed by atoms with van der Waals surface area (Å²) < 4.78 is 53.0. The fourth-order valence-corrected chi connectivity index (χ4v) is 2.21. The van der Waals surface area contributed by atoms with Crippen molar-refractivity contribution < 1.29 is 22.4 Å². The normalized spacial score (nSPS) is 11.4. The number of rotatable bonds is 3. The Morgan fingerprint density at radius 3 is 2.40 bits per heavy atom. The Morgan fingerprint density at radius 2 is 1.80 bits per heavy atom. The standard InChI is InChI=1S/C17H11F4N3O/c18-15-7-4-12(10-14(15)17(19,20)21)23-16(25)11-2-5-13(6-3-11)24-9-1-8-22-24/h1-10H,(H,23,25). The molecule has 1 amide bonds. The van der Waals surface area contributed by atoms with Gasteiger partial charge in [0.25, 0.3) is 5.91 Å². The van der Waals surface area contributed by atoms with Gasteiger partial charge in [-0.1, -0.05) is 0 Å². The molecule has 0 aliphatic carbocycles. The average molecular weight is 349 g/mol. The number of amides is 1. The largest absolute Gasteiger partial charge is 0.419 e. The summed E-state index contributed by atoms with van der Waals surface area (Å²) in [5.74, 6) is -2.00. The van der Waals surface area contributed by atoms with Crippen LogP contribution in [-0.4, -0.2) is 15.7 Å². The van der Waals surface area contributed by atoms with E-state index in [-0.39, 0.29) is 11.3 Å². The van der Waals surface area contributed by atoms with Crippen molar-refractivity contribution in [2.45, 2.75) is 6.18 Å². The van der Waals surface area contributed by atoms with Gasteiger partial charge in [-0.25, -0.2) is 9.07 Å². The average Bonchev–Trinajstić information content (AvgIpc) is 3.10. The van der Waals surface area contributed by atoms with Gasteiger partial charge in [-0.15, -0.1) is 0 Å². The summed E-state index contributed by atoms with van der Waals surface area (Å²) in [6.45, 7) is 0. The highest BCUT2D eigenvalue weighted by Crippen LogP contribution is 2.33. The Labute approximate surface area is 139 Å². The Hall–Kier alpha value is -3.16. The highest BCUT2D eigenvalue weighted by Gasteiger charge is 2.34. The topological polar surface area (TPSA) is 46.9 Å². The second kappa shape index (κ2) is 6.39. The summed E-state index contributed by atoms with van der Waals surface area (Å²) in [4.78, 5) is 12.1. The lowest BCUT2D eigenvalue weighted by Gasteiger charge is -2.11. The molecule has 1 aromatic heterocycles. The van der Waals surface area contributed by atoms with E-state index in [1.165, 1.54) is 12.1 Å². The highest BCUT2D eigenvalue weighted by molar-refractivity contribution is 6.04. The van der Waals surface area contributed by atoms with Crippen molar-refractivity contribution in [1.82, 2.24) is 9.78 Å². The third-order valence-electron chi connectivity index (χ3n) is 3.43. The van der Waals surface area contributed by atoms with Gasteiger partial charge in [0, 0.05) is 23.6 Å². The summed E-state index contributed by atoms with van der Waals surface area (Å²) in [6.07, 6.45) is -1.50. The van der Waals surface area contributed by atoms with E-state index in [2.05, 4.69) is 10.4 Å². The predicted molar refractivity (Wildman–Crippen MR) is 82.9 cm³/mol. The van der Waals surface area contributed by atoms with Crippen LogP contribution in [0.1, 0.15) is 15.9 Å². The van der Waals surface area contributed by atoms with Crippen molar-refractivity contribution in [1.29, 1.82) is 0 Å². The molecule has 3 rings (SSSR count). The van der Waals surface area contributed by atoms with E-state index >= 15 is 0 Å². The molecule has 128 valence electrons. The molecule has 1 N–H and O–H groups in total. The van der Waals surface area contributed by atoms with Crippen LogP contribution in [0.4, 0.5) is 23.2 Å². The number of benzene rings is 2. The maximum absolute atomic E-state index is 13.3. The van der Waals surface area contributed by atoms with Crippen molar-refractivity contribution in [3.05, 3.63) is 77.9 Å². The van der Waals surface area contributed by atoms with Crippen LogP contribution in [-0.2, 0) is 6.18 Å². The predicted octanol–water partition coefficient (Wildman–Crippen LogP) is 4.28. The first-order valence-electron chi connectivity index (χ1n) is 7.13. The van der Waals surface area contributed by atoms with Crippen molar-refractivity contribution >= 4 is 11.6 Å². The van der Waals surface area contributed by atoms with Crippen LogP contribution in [0.3, 0.4) is 0 Å². The number of nitrogens with zero attached hydrogens (tertiary/aromatic N) is 2. The van der Waals surface area contributed by atoms with Gasteiger partial charge < -0.3 is 5.32 Å². The Morgan fingerprint density at radius 1 is 1.08 bits per heavy atom. The van der Waals surface area contributed by atoms with Crippen molar-refractivity contribution in [3.8, 4) is 5.69 Å². The number of hydrogen-bond donors (Lipinski definition) is 1. The number of carbonyl (C=O) groups excluding carboxylic acids is 1. The molecule has 0 atom stereocenters. The molecular formula is C17H11F4N3O. The zero-order valence-electron chi connectivity index (χ0n) is 12.6. The molecule has 0 bridgehead atoms. The third-order valence-corrected chi connectivity index (χ3v) is 3.43. The van der Waals surface area contributed by atoms with Gasteiger partial charge in [0.2, 0.25) is 0 Å². The molecule has 0 unspecified atom stereocenters. The molecule has 4 nitrogen and oxygen atoms in total. The van der Waals surface area contributed by atoms with Gasteiger partial charge in [-0.05, 0) is 48.5 Å². The molecule has 0 aliphatic rings. The summed E-state index contributed by atoms with van der Waals surface area (Å²) in [5.41, 5.74) is -0.606. The van der Waals surface area contributed by atoms with Crippen LogP contribution in [0.25, 0.3) is 5.69 Å². The molecule has 0 radical (unpaired) electrons. The zero-order chi connectivity index (χ0) is 18.0. The summed E-state index contributed by atoms with van der Waals surface area (Å²) in [5, 5.41) is 6.37. The number of alkyl halides is 3. The molecule has 8 heteroatoms. The number of anilines is 1. The van der Waals surface area contributed by atoms with Crippen LogP contribution >= 0.6 is 0 Å². The summed E-state index contributed by atoms with van der Waals surface area (Å²) >= 11 is 0. The molecule has 0 aliphatic heterocycles. The van der Waals surface area contributed by atoms with E-state index in [1.807, 2.05) is 0 Å². The molecule has 0 saturated heterocycles. The minimum atomic E-state index is -4.84. The Kier molecular flexibility index (Phi) is 4.26. The van der Waals surface area contributed by atoms with Crippen LogP contribution in [0, 0.1) is 5.82 Å². The summed E-state index contributed by atoms with van der Waals surface area (Å²) in [6, 6.07) is 10.4. The SMILES string of the molecule is O=C(Nc1ccc(F)c(C(F)(F)F)c1)c1ccc(-n2cccn2)cc1. The van der Waals surface area contributed by atoms with Gasteiger partial charge in [-0.3, -0.25) is 4.79 Å². The molecule has 0 spiro atoms. The maximum atomic E-state index is 13.3. The van der Waals surface area contributed by atoms with E-state index in [0.29, 0.717) is 12.1 Å². The third kappa shape index (κ3) is 3.68. The van der Waals surface area contributed by atoms with Crippen LogP contribution in [0.2, 0.25) is 0 Å². The van der Waals surface area contributed by atoms with E-state index < -0.39 is 23.5 Å². The lowest BCUT2D eigenvalue weighted by atomic mass is 10.1. The second-order valence-corrected chi connectivity index (χ2v) is 5.14. The molecule has 0 saturated carbocycles. The molecule has 1 heterocycles. The number of nitrogens with one attached hydrogen (secondary N) is 1. The molecule has 25 heavy (non-hydrogen) atoms. The van der Waals surface area contributed by atoms with Gasteiger partial charge in [0.05, 0.1) is 11.3 Å². The van der Waals surface area contributed by atoms with E-state index in [9.17, 15) is 22.4 Å². The minimum absolute atomic E-state index is 0.144. The van der Waals surface area contributed by atoms with E-state index in [0.717, 1.165) is 11.8 Å². The summed E-state index contributed by atoms with van der Waals surface area (Å²) in [7, 11) is 0. The Balaban J connectivity index is 1.78. The number of aromatic nitrogens is 2. The lowest BCUT2D eigenvalue weighted by Crippen LogP contribution is -2.14. The molecule has 0 fully saturated rings. The highest BCUT2D eigenvalue weighted by atomic mass is 19.4. The minimum Gasteiger partial charge on any atom is -0.322 e. The maximum Gasteiger partial charge on any atom is 0.419 e. The second-order valence-electron chi connectivity index (χ2n) is 5.14. The first kappa shape index (κ1) is 16.7. The number of hydrogen-bond acceptors (Lipinski definition) is 2. The molecular weight excluding hydrogens is 338 g/mol. The number of halogens is 4. The quantitative estimate of drug-likeness (QED) is 0.718.